The summed E-state index contributed by atoms with van der Waals surface area (Å²) in [4.78, 5) is 0. The van der Waals surface area contributed by atoms with E-state index in [9.17, 15) is 8.42 Å². The Morgan fingerprint density at radius 2 is 2.20 bits per heavy atom. The van der Waals surface area contributed by atoms with Gasteiger partial charge in [-0.2, -0.15) is 11.8 Å². The van der Waals surface area contributed by atoms with E-state index in [0.29, 0.717) is 5.75 Å². The number of nitrogens with one attached hydrogen (secondary N) is 1. The van der Waals surface area contributed by atoms with Gasteiger partial charge in [-0.25, -0.2) is 8.42 Å². The normalized spacial score (nSPS) is 22.1. The molecule has 1 unspecified atom stereocenters. The summed E-state index contributed by atoms with van der Waals surface area (Å²) in [5.41, 5.74) is 0. The van der Waals surface area contributed by atoms with Crippen molar-refractivity contribution in [1.29, 1.82) is 0 Å². The molecule has 1 rings (SSSR count). The minimum Gasteiger partial charge on any atom is -0.314 e. The first kappa shape index (κ1) is 13.3. The number of hydrogen-bond acceptors (Lipinski definition) is 4. The summed E-state index contributed by atoms with van der Waals surface area (Å²) in [6.45, 7) is 1.17. The zero-order chi connectivity index (χ0) is 11.1. The lowest BCUT2D eigenvalue weighted by Crippen LogP contribution is -2.21. The molecule has 1 saturated heterocycles. The second-order valence-electron chi connectivity index (χ2n) is 4.18. The van der Waals surface area contributed by atoms with Gasteiger partial charge in [0.15, 0.2) is 0 Å². The van der Waals surface area contributed by atoms with Gasteiger partial charge in [-0.1, -0.05) is 0 Å². The molecule has 1 fully saturated rings. The highest BCUT2D eigenvalue weighted by molar-refractivity contribution is 8.00. The van der Waals surface area contributed by atoms with Crippen molar-refractivity contribution < 1.29 is 8.42 Å². The second-order valence-corrected chi connectivity index (χ2v) is 7.66. The molecule has 1 atom stereocenters. The molecule has 0 aromatic carbocycles. The number of hydrogen-bond donors (Lipinski definition) is 1. The van der Waals surface area contributed by atoms with E-state index in [1.165, 1.54) is 38.5 Å². The van der Waals surface area contributed by atoms with Crippen LogP contribution < -0.4 is 5.32 Å². The predicted molar refractivity (Wildman–Crippen MR) is 67.3 cm³/mol. The third-order valence-electron chi connectivity index (χ3n) is 2.60. The van der Waals surface area contributed by atoms with Gasteiger partial charge in [0.05, 0.1) is 5.75 Å². The Kier molecular flexibility index (Phi) is 6.00. The molecule has 1 heterocycles. The molecule has 90 valence electrons. The van der Waals surface area contributed by atoms with Crippen LogP contribution in [0.25, 0.3) is 0 Å². The molecule has 0 aliphatic carbocycles. The lowest BCUT2D eigenvalue weighted by atomic mass is 10.1. The first-order chi connectivity index (χ1) is 7.08. The van der Waals surface area contributed by atoms with E-state index in [1.54, 1.807) is 11.8 Å². The topological polar surface area (TPSA) is 46.2 Å². The van der Waals surface area contributed by atoms with Crippen molar-refractivity contribution in [3.05, 3.63) is 0 Å². The van der Waals surface area contributed by atoms with Gasteiger partial charge in [-0.05, 0) is 38.0 Å². The third-order valence-corrected chi connectivity index (χ3v) is 4.88. The summed E-state index contributed by atoms with van der Waals surface area (Å²) in [7, 11) is -2.76. The lowest BCUT2D eigenvalue weighted by molar-refractivity contribution is 0.553. The summed E-state index contributed by atoms with van der Waals surface area (Å²) >= 11 is 1.76. The van der Waals surface area contributed by atoms with Gasteiger partial charge in [0.2, 0.25) is 0 Å². The van der Waals surface area contributed by atoms with Crippen molar-refractivity contribution in [3.8, 4) is 0 Å². The maximum absolute atomic E-state index is 10.8. The van der Waals surface area contributed by atoms with E-state index in [1.807, 2.05) is 0 Å². The highest BCUT2D eigenvalue weighted by atomic mass is 32.2. The van der Waals surface area contributed by atoms with Gasteiger partial charge in [-0.15, -0.1) is 0 Å². The van der Waals surface area contributed by atoms with Crippen molar-refractivity contribution in [3.63, 3.8) is 0 Å². The van der Waals surface area contributed by atoms with Gasteiger partial charge in [-0.3, -0.25) is 0 Å². The van der Waals surface area contributed by atoms with Crippen LogP contribution in [0.2, 0.25) is 0 Å². The summed E-state index contributed by atoms with van der Waals surface area (Å²) < 4.78 is 21.7. The van der Waals surface area contributed by atoms with Gasteiger partial charge in [0.1, 0.15) is 9.84 Å². The Labute approximate surface area is 97.3 Å². The van der Waals surface area contributed by atoms with Crippen LogP contribution in [-0.2, 0) is 9.84 Å². The zero-order valence-electron chi connectivity index (χ0n) is 9.37. The molecule has 0 spiro atoms. The Morgan fingerprint density at radius 3 is 2.80 bits per heavy atom. The minimum absolute atomic E-state index is 0.319. The molecule has 0 aromatic heterocycles. The standard InChI is InChI=1S/C10H21NO2S2/c1-15(12,13)9-8-14-7-3-5-10-4-2-6-11-10/h10-11H,2-9H2,1H3. The summed E-state index contributed by atoms with van der Waals surface area (Å²) in [5.74, 6) is 2.16. The van der Waals surface area contributed by atoms with E-state index in [4.69, 9.17) is 0 Å². The van der Waals surface area contributed by atoms with E-state index in [2.05, 4.69) is 5.32 Å². The quantitative estimate of drug-likeness (QED) is 0.693. The Morgan fingerprint density at radius 1 is 1.40 bits per heavy atom. The van der Waals surface area contributed by atoms with Crippen LogP contribution in [-0.4, -0.2) is 44.5 Å². The molecule has 1 aliphatic rings. The summed E-state index contributed by atoms with van der Waals surface area (Å²) in [6.07, 6.45) is 6.37. The summed E-state index contributed by atoms with van der Waals surface area (Å²) in [6, 6.07) is 0.723. The molecule has 0 aromatic rings. The zero-order valence-corrected chi connectivity index (χ0v) is 11.0. The Balaban J connectivity index is 1.89. The molecule has 0 bridgehead atoms. The van der Waals surface area contributed by atoms with Gasteiger partial charge in [0, 0.05) is 18.1 Å². The highest BCUT2D eigenvalue weighted by Crippen LogP contribution is 2.13. The maximum Gasteiger partial charge on any atom is 0.148 e. The molecular weight excluding hydrogens is 230 g/mol. The van der Waals surface area contributed by atoms with Crippen molar-refractivity contribution >= 4 is 21.6 Å². The fourth-order valence-electron chi connectivity index (χ4n) is 1.75. The highest BCUT2D eigenvalue weighted by Gasteiger charge is 2.12. The van der Waals surface area contributed by atoms with Gasteiger partial charge >= 0.3 is 0 Å². The van der Waals surface area contributed by atoms with Crippen molar-refractivity contribution in [1.82, 2.24) is 5.32 Å². The summed E-state index contributed by atoms with van der Waals surface area (Å²) in [5, 5.41) is 3.47. The molecule has 0 saturated carbocycles. The minimum atomic E-state index is -2.76. The van der Waals surface area contributed by atoms with Crippen LogP contribution in [0.5, 0.6) is 0 Å². The van der Waals surface area contributed by atoms with Crippen LogP contribution >= 0.6 is 11.8 Å². The molecule has 3 nitrogen and oxygen atoms in total. The molecule has 1 aliphatic heterocycles. The molecule has 1 N–H and O–H groups in total. The molecular formula is C10H21NO2S2. The Bertz CT molecular complexity index is 259. The fraction of sp³-hybridized carbons (Fsp3) is 1.00. The van der Waals surface area contributed by atoms with Crippen LogP contribution in [0.1, 0.15) is 25.7 Å². The van der Waals surface area contributed by atoms with Crippen molar-refractivity contribution in [2.45, 2.75) is 31.7 Å². The third kappa shape index (κ3) is 7.19. The lowest BCUT2D eigenvalue weighted by Gasteiger charge is -2.08. The predicted octanol–water partition coefficient (Wildman–Crippen LogP) is 1.30. The van der Waals surface area contributed by atoms with E-state index >= 15 is 0 Å². The van der Waals surface area contributed by atoms with Crippen molar-refractivity contribution in [2.24, 2.45) is 0 Å². The molecule has 0 amide bonds. The molecule has 0 radical (unpaired) electrons. The van der Waals surface area contributed by atoms with E-state index in [0.717, 1.165) is 17.5 Å². The van der Waals surface area contributed by atoms with Crippen LogP contribution in [0.4, 0.5) is 0 Å². The monoisotopic (exact) mass is 251 g/mol. The largest absolute Gasteiger partial charge is 0.314 e. The van der Waals surface area contributed by atoms with E-state index in [-0.39, 0.29) is 0 Å². The number of rotatable bonds is 7. The van der Waals surface area contributed by atoms with Crippen molar-refractivity contribution in [2.75, 3.05) is 30.1 Å². The van der Waals surface area contributed by atoms with Crippen LogP contribution in [0, 0.1) is 0 Å². The maximum atomic E-state index is 10.8. The number of thioether (sulfide) groups is 1. The van der Waals surface area contributed by atoms with Crippen LogP contribution in [0.3, 0.4) is 0 Å². The van der Waals surface area contributed by atoms with Gasteiger partial charge < -0.3 is 5.32 Å². The Hall–Kier alpha value is 0.260. The van der Waals surface area contributed by atoms with Gasteiger partial charge in [0.25, 0.3) is 0 Å². The average molecular weight is 251 g/mol. The smallest absolute Gasteiger partial charge is 0.148 e. The first-order valence-electron chi connectivity index (χ1n) is 5.57. The SMILES string of the molecule is CS(=O)(=O)CCSCCCC1CCCN1. The molecule has 5 heteroatoms. The fourth-order valence-corrected chi connectivity index (χ4v) is 4.00. The average Bonchev–Trinajstić information content (AvgIpc) is 2.61. The number of sulfone groups is 1. The second kappa shape index (κ2) is 6.76. The first-order valence-corrected chi connectivity index (χ1v) is 8.78. The van der Waals surface area contributed by atoms with E-state index < -0.39 is 9.84 Å². The van der Waals surface area contributed by atoms with Crippen LogP contribution in [0.15, 0.2) is 0 Å². The molecule has 15 heavy (non-hydrogen) atoms.